The number of carbonyl (C=O) groups is 2. The average molecular weight is 413 g/mol. The van der Waals surface area contributed by atoms with E-state index in [2.05, 4.69) is 0 Å². The number of imide groups is 1. The molecule has 3 aliphatic rings. The first-order chi connectivity index (χ1) is 14.4. The van der Waals surface area contributed by atoms with Crippen LogP contribution in [0.2, 0.25) is 0 Å². The van der Waals surface area contributed by atoms with Crippen LogP contribution in [0, 0.1) is 12.7 Å². The number of benzene rings is 1. The Labute approximate surface area is 173 Å². The molecule has 3 saturated heterocycles. The highest BCUT2D eigenvalue weighted by atomic mass is 19.1. The maximum Gasteiger partial charge on any atom is 0.252 e. The first-order valence-electron chi connectivity index (χ1n) is 10.2. The first kappa shape index (κ1) is 19.4. The molecule has 0 bridgehead atoms. The van der Waals surface area contributed by atoms with E-state index in [1.807, 2.05) is 16.7 Å². The molecule has 0 aliphatic carbocycles. The molecule has 5 rings (SSSR count). The predicted molar refractivity (Wildman–Crippen MR) is 105 cm³/mol. The molecule has 3 aliphatic heterocycles. The minimum atomic E-state index is -0.872. The Morgan fingerprint density at radius 1 is 1.17 bits per heavy atom. The van der Waals surface area contributed by atoms with Crippen molar-refractivity contribution in [1.29, 1.82) is 0 Å². The molecule has 4 heterocycles. The predicted octanol–water partition coefficient (Wildman–Crippen LogP) is 1.29. The van der Waals surface area contributed by atoms with Crippen LogP contribution in [0.25, 0.3) is 0 Å². The van der Waals surface area contributed by atoms with Crippen LogP contribution in [0.4, 0.5) is 4.39 Å². The van der Waals surface area contributed by atoms with Crippen molar-refractivity contribution in [2.24, 2.45) is 0 Å². The Kier molecular flexibility index (Phi) is 4.53. The van der Waals surface area contributed by atoms with E-state index in [4.69, 9.17) is 4.42 Å². The van der Waals surface area contributed by atoms with E-state index >= 15 is 0 Å². The molecule has 2 atom stereocenters. The highest BCUT2D eigenvalue weighted by Crippen LogP contribution is 2.41. The summed E-state index contributed by atoms with van der Waals surface area (Å²) in [5.74, 6) is 0.446. The Hall–Kier alpha value is -2.55. The molecule has 30 heavy (non-hydrogen) atoms. The molecule has 0 saturated carbocycles. The minimum absolute atomic E-state index is 0.0843. The van der Waals surface area contributed by atoms with E-state index in [1.165, 1.54) is 11.0 Å². The van der Waals surface area contributed by atoms with Gasteiger partial charge in [-0.25, -0.2) is 4.39 Å². The summed E-state index contributed by atoms with van der Waals surface area (Å²) in [6.07, 6.45) is -0.329. The molecule has 158 valence electrons. The first-order valence-corrected chi connectivity index (χ1v) is 10.2. The van der Waals surface area contributed by atoms with E-state index in [0.717, 1.165) is 0 Å². The number of halogens is 1. The zero-order valence-electron chi connectivity index (χ0n) is 16.8. The molecule has 7 nitrogen and oxygen atoms in total. The molecular weight excluding hydrogens is 389 g/mol. The summed E-state index contributed by atoms with van der Waals surface area (Å²) in [7, 11) is 0. The minimum Gasteiger partial charge on any atom is -0.464 e. The van der Waals surface area contributed by atoms with Crippen molar-refractivity contribution in [1.82, 2.24) is 14.7 Å². The molecule has 1 aromatic heterocycles. The van der Waals surface area contributed by atoms with E-state index in [9.17, 15) is 19.1 Å². The number of nitrogens with zero attached hydrogens (tertiary/aromatic N) is 3. The summed E-state index contributed by atoms with van der Waals surface area (Å²) >= 11 is 0. The van der Waals surface area contributed by atoms with E-state index in [0.29, 0.717) is 49.7 Å². The number of aliphatic hydroxyl groups excluding tert-OH is 1. The number of rotatable bonds is 4. The van der Waals surface area contributed by atoms with E-state index < -0.39 is 17.7 Å². The number of likely N-dealkylation sites (tertiary alicyclic amines) is 1. The number of carbonyl (C=O) groups excluding carboxylic acids is 2. The number of β-amino-alcohol motifs (C(OH)–C–C–N with tert-alkyl or cyclic N) is 1. The lowest BCUT2D eigenvalue weighted by atomic mass is 9.82. The molecular formula is C22H24FN3O4. The third-order valence-electron chi connectivity index (χ3n) is 6.46. The Balaban J connectivity index is 1.40. The molecule has 1 spiro atoms. The van der Waals surface area contributed by atoms with Crippen LogP contribution in [0.15, 0.2) is 40.8 Å². The van der Waals surface area contributed by atoms with Gasteiger partial charge in [-0.3, -0.25) is 24.3 Å². The van der Waals surface area contributed by atoms with Gasteiger partial charge in [-0.1, -0.05) is 18.2 Å². The van der Waals surface area contributed by atoms with Crippen molar-refractivity contribution in [3.63, 3.8) is 0 Å². The lowest BCUT2D eigenvalue weighted by Gasteiger charge is -2.58. The second-order valence-corrected chi connectivity index (χ2v) is 8.57. The zero-order valence-corrected chi connectivity index (χ0v) is 16.8. The highest BCUT2D eigenvalue weighted by molar-refractivity contribution is 6.06. The van der Waals surface area contributed by atoms with Crippen LogP contribution < -0.4 is 0 Å². The summed E-state index contributed by atoms with van der Waals surface area (Å²) in [6.45, 7) is 3.37. The second-order valence-electron chi connectivity index (χ2n) is 8.57. The van der Waals surface area contributed by atoms with E-state index in [-0.39, 0.29) is 24.2 Å². The van der Waals surface area contributed by atoms with Crippen LogP contribution in [0.1, 0.15) is 23.5 Å². The molecule has 2 amide bonds. The highest BCUT2D eigenvalue weighted by Gasteiger charge is 2.64. The van der Waals surface area contributed by atoms with Crippen molar-refractivity contribution in [3.8, 4) is 0 Å². The number of aliphatic hydroxyl groups is 1. The summed E-state index contributed by atoms with van der Waals surface area (Å²) in [5, 5.41) is 10.2. The van der Waals surface area contributed by atoms with Gasteiger partial charge < -0.3 is 9.52 Å². The van der Waals surface area contributed by atoms with Crippen molar-refractivity contribution in [3.05, 3.63) is 59.3 Å². The molecule has 2 aromatic rings. The van der Waals surface area contributed by atoms with Gasteiger partial charge in [0.05, 0.1) is 18.7 Å². The Morgan fingerprint density at radius 3 is 2.63 bits per heavy atom. The summed E-state index contributed by atoms with van der Waals surface area (Å²) in [5.41, 5.74) is -0.296. The fourth-order valence-electron chi connectivity index (χ4n) is 5.04. The van der Waals surface area contributed by atoms with Gasteiger partial charge in [0.25, 0.3) is 5.91 Å². The number of hydrogen-bond donors (Lipinski definition) is 1. The monoisotopic (exact) mass is 413 g/mol. The zero-order chi connectivity index (χ0) is 21.0. The van der Waals surface area contributed by atoms with Crippen LogP contribution in [0.5, 0.6) is 0 Å². The van der Waals surface area contributed by atoms with Crippen molar-refractivity contribution in [2.75, 3.05) is 19.6 Å². The molecule has 1 aromatic carbocycles. The maximum absolute atomic E-state index is 14.0. The summed E-state index contributed by atoms with van der Waals surface area (Å²) in [4.78, 5) is 31.7. The van der Waals surface area contributed by atoms with Gasteiger partial charge >= 0.3 is 0 Å². The number of amides is 2. The number of aryl methyl sites for hydroxylation is 1. The van der Waals surface area contributed by atoms with Crippen molar-refractivity contribution >= 4 is 11.8 Å². The third-order valence-corrected chi connectivity index (χ3v) is 6.46. The molecule has 0 unspecified atom stereocenters. The lowest BCUT2D eigenvalue weighted by molar-refractivity contribution is -0.181. The van der Waals surface area contributed by atoms with Crippen molar-refractivity contribution < 1.29 is 23.5 Å². The van der Waals surface area contributed by atoms with Crippen LogP contribution in [-0.4, -0.2) is 68.9 Å². The van der Waals surface area contributed by atoms with Gasteiger partial charge in [0.1, 0.15) is 22.9 Å². The van der Waals surface area contributed by atoms with Gasteiger partial charge in [0.2, 0.25) is 5.91 Å². The lowest BCUT2D eigenvalue weighted by Crippen LogP contribution is -2.81. The Bertz CT molecular complexity index is 1000. The summed E-state index contributed by atoms with van der Waals surface area (Å²) in [6, 6.07) is 9.65. The maximum atomic E-state index is 14.0. The standard InChI is InChI=1S/C22H24FN3O4/c1-14-6-7-17(30-14)11-25-20(28)19-8-16(27)10-26(19)22(21(25)29)12-24(13-22)9-15-4-2-3-5-18(15)23/h2-7,16,19,27H,8-13H2,1H3/t16-,19+/m1/s1. The van der Waals surface area contributed by atoms with Crippen LogP contribution in [-0.2, 0) is 22.7 Å². The second kappa shape index (κ2) is 7.01. The van der Waals surface area contributed by atoms with Gasteiger partial charge in [-0.2, -0.15) is 0 Å². The summed E-state index contributed by atoms with van der Waals surface area (Å²) < 4.78 is 19.6. The fraction of sp³-hybridized carbons (Fsp3) is 0.455. The largest absolute Gasteiger partial charge is 0.464 e. The van der Waals surface area contributed by atoms with Crippen LogP contribution >= 0.6 is 0 Å². The van der Waals surface area contributed by atoms with Crippen molar-refractivity contribution in [2.45, 2.75) is 44.1 Å². The smallest absolute Gasteiger partial charge is 0.252 e. The number of furan rings is 1. The fourth-order valence-corrected chi connectivity index (χ4v) is 5.04. The normalized spacial score (nSPS) is 26.3. The van der Waals surface area contributed by atoms with Crippen LogP contribution in [0.3, 0.4) is 0 Å². The third kappa shape index (κ3) is 2.98. The van der Waals surface area contributed by atoms with E-state index in [1.54, 1.807) is 30.3 Å². The topological polar surface area (TPSA) is 77.2 Å². The quantitative estimate of drug-likeness (QED) is 0.762. The number of piperazine rings is 1. The molecule has 0 radical (unpaired) electrons. The molecule has 8 heteroatoms. The molecule has 3 fully saturated rings. The van der Waals surface area contributed by atoms with Gasteiger partial charge in [0, 0.05) is 31.7 Å². The molecule has 1 N–H and O–H groups in total. The SMILES string of the molecule is Cc1ccc(CN2C(=O)[C@@H]3C[C@@H](O)CN3C3(CN(Cc4ccccc4F)C3)C2=O)o1. The van der Waals surface area contributed by atoms with Gasteiger partial charge in [-0.05, 0) is 31.5 Å². The number of fused-ring (bicyclic) bond motifs is 2. The van der Waals surface area contributed by atoms with Gasteiger partial charge in [-0.15, -0.1) is 0 Å². The van der Waals surface area contributed by atoms with Gasteiger partial charge in [0.15, 0.2) is 0 Å². The average Bonchev–Trinajstić information content (AvgIpc) is 3.27. The Morgan fingerprint density at radius 2 is 1.93 bits per heavy atom. The number of hydrogen-bond acceptors (Lipinski definition) is 6.